The second-order valence-electron chi connectivity index (χ2n) is 9.09. The molecule has 0 radical (unpaired) electrons. The van der Waals surface area contributed by atoms with Gasteiger partial charge in [0.15, 0.2) is 0 Å². The number of hydrogen-bond donors (Lipinski definition) is 0. The molecule has 4 aliphatic rings. The molecule has 0 saturated carbocycles. The van der Waals surface area contributed by atoms with Gasteiger partial charge in [-0.1, -0.05) is 63.1 Å². The van der Waals surface area contributed by atoms with Gasteiger partial charge in [0.1, 0.15) is 0 Å². The van der Waals surface area contributed by atoms with Crippen LogP contribution in [0.4, 0.5) is 0 Å². The summed E-state index contributed by atoms with van der Waals surface area (Å²) in [5, 5.41) is 0. The molecule has 0 aliphatic heterocycles. The van der Waals surface area contributed by atoms with Crippen molar-refractivity contribution >= 4 is 0 Å². The molecule has 0 fully saturated rings. The van der Waals surface area contributed by atoms with Gasteiger partial charge in [0.2, 0.25) is 0 Å². The summed E-state index contributed by atoms with van der Waals surface area (Å²) < 4.78 is 0. The standard InChI is InChI=1S/C24H34/c1-15-5-7-17(3)23-19(11-13-21(15)23)9-10-20-12-14-22-16(2)6-8-18(4)24(20)22/h11-20H,5-10H2,1-4H3. The third-order valence-corrected chi connectivity index (χ3v) is 7.46. The molecule has 4 aliphatic carbocycles. The summed E-state index contributed by atoms with van der Waals surface area (Å²) in [6.45, 7) is 9.77. The van der Waals surface area contributed by atoms with Crippen molar-refractivity contribution in [1.29, 1.82) is 0 Å². The predicted octanol–water partition coefficient (Wildman–Crippen LogP) is 6.86. The molecule has 0 spiro atoms. The Morgan fingerprint density at radius 1 is 0.625 bits per heavy atom. The molecular weight excluding hydrogens is 288 g/mol. The number of rotatable bonds is 3. The lowest BCUT2D eigenvalue weighted by Crippen LogP contribution is -2.19. The summed E-state index contributed by atoms with van der Waals surface area (Å²) >= 11 is 0. The van der Waals surface area contributed by atoms with E-state index in [2.05, 4.69) is 52.0 Å². The van der Waals surface area contributed by atoms with Gasteiger partial charge in [-0.25, -0.2) is 0 Å². The van der Waals surface area contributed by atoms with Crippen molar-refractivity contribution in [3.8, 4) is 0 Å². The lowest BCUT2D eigenvalue weighted by Gasteiger charge is -2.32. The molecule has 0 aromatic rings. The molecule has 0 N–H and O–H groups in total. The highest BCUT2D eigenvalue weighted by Gasteiger charge is 2.34. The Labute approximate surface area is 148 Å². The first kappa shape index (κ1) is 16.4. The summed E-state index contributed by atoms with van der Waals surface area (Å²) in [5.41, 5.74) is 6.99. The van der Waals surface area contributed by atoms with Crippen LogP contribution in [0.1, 0.15) is 66.2 Å². The minimum atomic E-state index is 0.729. The molecule has 0 saturated heterocycles. The maximum Gasteiger partial charge on any atom is -0.00111 e. The van der Waals surface area contributed by atoms with E-state index in [1.807, 2.05) is 0 Å². The molecule has 0 aromatic heterocycles. The number of allylic oxidation sites excluding steroid dienone is 8. The zero-order chi connectivity index (χ0) is 16.8. The molecule has 0 aromatic carbocycles. The van der Waals surface area contributed by atoms with Crippen LogP contribution in [0.15, 0.2) is 46.6 Å². The van der Waals surface area contributed by atoms with Crippen molar-refractivity contribution in [2.75, 3.05) is 0 Å². The van der Waals surface area contributed by atoms with E-state index in [0.29, 0.717) is 0 Å². The highest BCUT2D eigenvalue weighted by Crippen LogP contribution is 2.47. The van der Waals surface area contributed by atoms with Crippen molar-refractivity contribution in [3.63, 3.8) is 0 Å². The molecule has 24 heavy (non-hydrogen) atoms. The molecule has 0 nitrogen and oxygen atoms in total. The second kappa shape index (κ2) is 6.36. The topological polar surface area (TPSA) is 0 Å². The Bertz CT molecular complexity index is 570. The number of hydrogen-bond acceptors (Lipinski definition) is 0. The van der Waals surface area contributed by atoms with Crippen molar-refractivity contribution in [1.82, 2.24) is 0 Å². The summed E-state index contributed by atoms with van der Waals surface area (Å²) in [6.07, 6.45) is 18.3. The van der Waals surface area contributed by atoms with Gasteiger partial charge < -0.3 is 0 Å². The van der Waals surface area contributed by atoms with Gasteiger partial charge >= 0.3 is 0 Å². The maximum absolute atomic E-state index is 2.53. The zero-order valence-electron chi connectivity index (χ0n) is 16.0. The minimum Gasteiger partial charge on any atom is -0.0770 e. The van der Waals surface area contributed by atoms with Gasteiger partial charge in [-0.2, -0.15) is 0 Å². The van der Waals surface area contributed by atoms with Gasteiger partial charge in [0.05, 0.1) is 0 Å². The van der Waals surface area contributed by atoms with Gasteiger partial charge in [0.25, 0.3) is 0 Å². The van der Waals surface area contributed by atoms with E-state index in [1.54, 1.807) is 22.3 Å². The Balaban J connectivity index is 1.47. The fraction of sp³-hybridized carbons (Fsp3) is 0.667. The van der Waals surface area contributed by atoms with Crippen LogP contribution in [0, 0.1) is 35.5 Å². The minimum absolute atomic E-state index is 0.729. The van der Waals surface area contributed by atoms with Gasteiger partial charge in [-0.15, -0.1) is 0 Å². The largest absolute Gasteiger partial charge is 0.0770 e. The van der Waals surface area contributed by atoms with Gasteiger partial charge in [-0.05, 0) is 85.2 Å². The van der Waals surface area contributed by atoms with Crippen LogP contribution >= 0.6 is 0 Å². The fourth-order valence-corrected chi connectivity index (χ4v) is 5.95. The molecule has 0 heterocycles. The average Bonchev–Trinajstić information content (AvgIpc) is 3.18. The maximum atomic E-state index is 2.53. The molecule has 6 atom stereocenters. The van der Waals surface area contributed by atoms with Crippen LogP contribution in [0.3, 0.4) is 0 Å². The summed E-state index contributed by atoms with van der Waals surface area (Å²) in [4.78, 5) is 0. The SMILES string of the molecule is CC1CCC(C)C2=C1C=CC2CCC1C=CC2=C1C(C)CCC2C. The average molecular weight is 323 g/mol. The molecule has 0 bridgehead atoms. The highest BCUT2D eigenvalue weighted by molar-refractivity contribution is 5.43. The Kier molecular flexibility index (Phi) is 4.35. The summed E-state index contributed by atoms with van der Waals surface area (Å²) in [7, 11) is 0. The fourth-order valence-electron chi connectivity index (χ4n) is 5.95. The third kappa shape index (κ3) is 2.67. The van der Waals surface area contributed by atoms with Gasteiger partial charge in [-0.3, -0.25) is 0 Å². The van der Waals surface area contributed by atoms with Crippen molar-refractivity contribution < 1.29 is 0 Å². The Morgan fingerprint density at radius 2 is 1.00 bits per heavy atom. The normalized spacial score (nSPS) is 41.2. The third-order valence-electron chi connectivity index (χ3n) is 7.46. The predicted molar refractivity (Wildman–Crippen MR) is 104 cm³/mol. The zero-order valence-corrected chi connectivity index (χ0v) is 16.0. The lowest BCUT2D eigenvalue weighted by atomic mass is 9.73. The summed E-state index contributed by atoms with van der Waals surface area (Å²) in [6, 6.07) is 0. The van der Waals surface area contributed by atoms with E-state index in [-0.39, 0.29) is 0 Å². The molecule has 130 valence electrons. The van der Waals surface area contributed by atoms with Crippen LogP contribution in [-0.4, -0.2) is 0 Å². The van der Waals surface area contributed by atoms with E-state index in [0.717, 1.165) is 35.5 Å². The molecular formula is C24H34. The van der Waals surface area contributed by atoms with Crippen LogP contribution in [0.5, 0.6) is 0 Å². The van der Waals surface area contributed by atoms with E-state index in [1.165, 1.54) is 38.5 Å². The monoisotopic (exact) mass is 322 g/mol. The lowest BCUT2D eigenvalue weighted by molar-refractivity contribution is 0.408. The Hall–Kier alpha value is -1.04. The van der Waals surface area contributed by atoms with Crippen molar-refractivity contribution in [2.45, 2.75) is 66.2 Å². The first-order chi connectivity index (χ1) is 11.6. The molecule has 0 amide bonds. The van der Waals surface area contributed by atoms with E-state index < -0.39 is 0 Å². The van der Waals surface area contributed by atoms with Gasteiger partial charge in [0, 0.05) is 0 Å². The van der Waals surface area contributed by atoms with E-state index in [9.17, 15) is 0 Å². The molecule has 6 unspecified atom stereocenters. The first-order valence-electron chi connectivity index (χ1n) is 10.4. The van der Waals surface area contributed by atoms with Crippen molar-refractivity contribution in [2.24, 2.45) is 35.5 Å². The van der Waals surface area contributed by atoms with E-state index >= 15 is 0 Å². The van der Waals surface area contributed by atoms with Crippen LogP contribution in [0.2, 0.25) is 0 Å². The highest BCUT2D eigenvalue weighted by atomic mass is 14.4. The Morgan fingerprint density at radius 3 is 1.42 bits per heavy atom. The van der Waals surface area contributed by atoms with Crippen LogP contribution in [-0.2, 0) is 0 Å². The quantitative estimate of drug-likeness (QED) is 0.532. The first-order valence-corrected chi connectivity index (χ1v) is 10.4. The van der Waals surface area contributed by atoms with Crippen LogP contribution < -0.4 is 0 Å². The summed E-state index contributed by atoms with van der Waals surface area (Å²) in [5.74, 6) is 4.64. The second-order valence-corrected chi connectivity index (χ2v) is 9.09. The molecule has 4 rings (SSSR count). The molecule has 0 heteroatoms. The van der Waals surface area contributed by atoms with E-state index in [4.69, 9.17) is 0 Å². The smallest absolute Gasteiger partial charge is 0.00111 e. The van der Waals surface area contributed by atoms with Crippen LogP contribution in [0.25, 0.3) is 0 Å². The van der Waals surface area contributed by atoms with Crippen molar-refractivity contribution in [3.05, 3.63) is 46.6 Å².